The smallest absolute Gasteiger partial charge is 0.237 e. The molecular formula is C13H25N3O. The van der Waals surface area contributed by atoms with Crippen molar-refractivity contribution >= 4 is 5.91 Å². The molecule has 2 aliphatic rings. The molecule has 2 fully saturated rings. The van der Waals surface area contributed by atoms with Crippen LogP contribution in [0.4, 0.5) is 0 Å². The molecule has 0 bridgehead atoms. The Morgan fingerprint density at radius 1 is 1.12 bits per heavy atom. The van der Waals surface area contributed by atoms with Crippen LogP contribution < -0.4 is 5.32 Å². The van der Waals surface area contributed by atoms with Crippen molar-refractivity contribution in [2.75, 3.05) is 33.7 Å². The van der Waals surface area contributed by atoms with Crippen LogP contribution in [0.2, 0.25) is 0 Å². The van der Waals surface area contributed by atoms with Gasteiger partial charge in [-0.3, -0.25) is 9.69 Å². The predicted molar refractivity (Wildman–Crippen MR) is 68.9 cm³/mol. The lowest BCUT2D eigenvalue weighted by Crippen LogP contribution is -2.55. The van der Waals surface area contributed by atoms with Crippen LogP contribution in [-0.2, 0) is 4.79 Å². The van der Waals surface area contributed by atoms with E-state index in [9.17, 15) is 4.79 Å². The molecule has 0 unspecified atom stereocenters. The monoisotopic (exact) mass is 239 g/mol. The van der Waals surface area contributed by atoms with Gasteiger partial charge in [0.15, 0.2) is 0 Å². The van der Waals surface area contributed by atoms with Crippen LogP contribution in [0.15, 0.2) is 0 Å². The molecule has 1 amide bonds. The number of nitrogens with one attached hydrogen (secondary N) is 1. The summed E-state index contributed by atoms with van der Waals surface area (Å²) >= 11 is 0. The summed E-state index contributed by atoms with van der Waals surface area (Å²) in [5.41, 5.74) is 0. The van der Waals surface area contributed by atoms with Crippen molar-refractivity contribution in [2.45, 2.75) is 44.2 Å². The molecule has 0 aromatic heterocycles. The second-order valence-electron chi connectivity index (χ2n) is 5.40. The highest BCUT2D eigenvalue weighted by Gasteiger charge is 2.33. The molecule has 4 heteroatoms. The molecule has 0 spiro atoms. The fourth-order valence-corrected chi connectivity index (χ4v) is 3.17. The van der Waals surface area contributed by atoms with Crippen molar-refractivity contribution in [3.8, 4) is 0 Å². The van der Waals surface area contributed by atoms with E-state index in [1.54, 1.807) is 7.05 Å². The summed E-state index contributed by atoms with van der Waals surface area (Å²) in [6, 6.07) is 0.746. The zero-order valence-electron chi connectivity index (χ0n) is 11.1. The van der Waals surface area contributed by atoms with E-state index < -0.39 is 0 Å². The van der Waals surface area contributed by atoms with Gasteiger partial charge in [0.2, 0.25) is 5.91 Å². The molecular weight excluding hydrogens is 214 g/mol. The summed E-state index contributed by atoms with van der Waals surface area (Å²) in [5.74, 6) is 0.212. The number of likely N-dealkylation sites (N-methyl/N-ethyl adjacent to an activating group) is 1. The first-order valence-corrected chi connectivity index (χ1v) is 6.88. The molecule has 2 heterocycles. The van der Waals surface area contributed by atoms with Gasteiger partial charge < -0.3 is 10.2 Å². The topological polar surface area (TPSA) is 35.6 Å². The number of likely N-dealkylation sites (tertiary alicyclic amines) is 2. The van der Waals surface area contributed by atoms with Gasteiger partial charge in [-0.05, 0) is 52.4 Å². The van der Waals surface area contributed by atoms with Crippen molar-refractivity contribution < 1.29 is 4.79 Å². The first kappa shape index (κ1) is 12.8. The largest absolute Gasteiger partial charge is 0.358 e. The van der Waals surface area contributed by atoms with E-state index in [4.69, 9.17) is 0 Å². The molecule has 0 aromatic rings. The van der Waals surface area contributed by atoms with Crippen molar-refractivity contribution in [1.29, 1.82) is 0 Å². The molecule has 0 saturated carbocycles. The van der Waals surface area contributed by atoms with Gasteiger partial charge in [0.1, 0.15) is 0 Å². The first-order chi connectivity index (χ1) is 8.22. The number of hydrogen-bond acceptors (Lipinski definition) is 3. The molecule has 1 atom stereocenters. The first-order valence-electron chi connectivity index (χ1n) is 6.88. The summed E-state index contributed by atoms with van der Waals surface area (Å²) < 4.78 is 0. The van der Waals surface area contributed by atoms with Crippen LogP contribution in [0, 0.1) is 0 Å². The third-order valence-corrected chi connectivity index (χ3v) is 4.25. The fraction of sp³-hybridized carbons (Fsp3) is 0.923. The molecule has 1 N–H and O–H groups in total. The molecule has 2 rings (SSSR count). The summed E-state index contributed by atoms with van der Waals surface area (Å²) in [7, 11) is 3.94. The van der Waals surface area contributed by atoms with Gasteiger partial charge in [-0.2, -0.15) is 0 Å². The average Bonchev–Trinajstić information content (AvgIpc) is 2.39. The average molecular weight is 239 g/mol. The number of nitrogens with zero attached hydrogens (tertiary/aromatic N) is 2. The Balaban J connectivity index is 1.98. The lowest BCUT2D eigenvalue weighted by Gasteiger charge is -2.43. The molecule has 0 aliphatic carbocycles. The fourth-order valence-electron chi connectivity index (χ4n) is 3.17. The van der Waals surface area contributed by atoms with Crippen LogP contribution in [-0.4, -0.2) is 61.5 Å². The van der Waals surface area contributed by atoms with Crippen LogP contribution >= 0.6 is 0 Å². The van der Waals surface area contributed by atoms with Crippen LogP contribution in [0.1, 0.15) is 32.1 Å². The third kappa shape index (κ3) is 2.99. The lowest BCUT2D eigenvalue weighted by molar-refractivity contribution is -0.128. The number of amides is 1. The molecule has 4 nitrogen and oxygen atoms in total. The van der Waals surface area contributed by atoms with Crippen molar-refractivity contribution in [1.82, 2.24) is 15.1 Å². The predicted octanol–water partition coefficient (Wildman–Crippen LogP) is 0.681. The molecule has 0 radical (unpaired) electrons. The number of piperidine rings is 2. The second kappa shape index (κ2) is 5.83. The van der Waals surface area contributed by atoms with Gasteiger partial charge in [-0.25, -0.2) is 0 Å². The minimum absolute atomic E-state index is 0.127. The standard InChI is InChI=1S/C13H25N3O/c1-14-13(17)12-5-3-4-8-16(12)11-6-9-15(2)10-7-11/h11-12H,3-10H2,1-2H3,(H,14,17)/t12-/m1/s1. The number of carbonyl (C=O) groups excluding carboxylic acids is 1. The Morgan fingerprint density at radius 3 is 2.47 bits per heavy atom. The number of hydrogen-bond donors (Lipinski definition) is 1. The van der Waals surface area contributed by atoms with Crippen LogP contribution in [0.25, 0.3) is 0 Å². The van der Waals surface area contributed by atoms with Gasteiger partial charge in [0.25, 0.3) is 0 Å². The number of rotatable bonds is 2. The molecule has 2 aliphatic heterocycles. The zero-order valence-corrected chi connectivity index (χ0v) is 11.1. The van der Waals surface area contributed by atoms with Crippen LogP contribution in [0.5, 0.6) is 0 Å². The maximum atomic E-state index is 11.9. The highest BCUT2D eigenvalue weighted by atomic mass is 16.2. The van der Waals surface area contributed by atoms with E-state index in [1.165, 1.54) is 38.8 Å². The number of carbonyl (C=O) groups is 1. The highest BCUT2D eigenvalue weighted by molar-refractivity contribution is 5.81. The van der Waals surface area contributed by atoms with Gasteiger partial charge in [-0.1, -0.05) is 6.42 Å². The molecule has 17 heavy (non-hydrogen) atoms. The van der Waals surface area contributed by atoms with Gasteiger partial charge in [0.05, 0.1) is 6.04 Å². The van der Waals surface area contributed by atoms with Crippen molar-refractivity contribution in [3.63, 3.8) is 0 Å². The van der Waals surface area contributed by atoms with E-state index in [2.05, 4.69) is 22.2 Å². The summed E-state index contributed by atoms with van der Waals surface area (Å²) in [6.07, 6.45) is 5.90. The Morgan fingerprint density at radius 2 is 1.82 bits per heavy atom. The van der Waals surface area contributed by atoms with E-state index in [0.29, 0.717) is 6.04 Å². The second-order valence-corrected chi connectivity index (χ2v) is 5.40. The SMILES string of the molecule is CNC(=O)[C@H]1CCCCN1C1CCN(C)CC1. The van der Waals surface area contributed by atoms with E-state index >= 15 is 0 Å². The van der Waals surface area contributed by atoms with E-state index in [-0.39, 0.29) is 11.9 Å². The molecule has 0 aromatic carbocycles. The van der Waals surface area contributed by atoms with Gasteiger partial charge >= 0.3 is 0 Å². The molecule has 98 valence electrons. The van der Waals surface area contributed by atoms with Crippen molar-refractivity contribution in [3.05, 3.63) is 0 Å². The van der Waals surface area contributed by atoms with Gasteiger partial charge in [-0.15, -0.1) is 0 Å². The Bertz CT molecular complexity index is 261. The summed E-state index contributed by atoms with van der Waals surface area (Å²) in [4.78, 5) is 16.8. The third-order valence-electron chi connectivity index (χ3n) is 4.25. The van der Waals surface area contributed by atoms with E-state index in [0.717, 1.165) is 13.0 Å². The lowest BCUT2D eigenvalue weighted by atomic mass is 9.95. The molecule has 2 saturated heterocycles. The maximum Gasteiger partial charge on any atom is 0.237 e. The Hall–Kier alpha value is -0.610. The van der Waals surface area contributed by atoms with Gasteiger partial charge in [0, 0.05) is 13.1 Å². The Kier molecular flexibility index (Phi) is 4.40. The maximum absolute atomic E-state index is 11.9. The quantitative estimate of drug-likeness (QED) is 0.770. The minimum Gasteiger partial charge on any atom is -0.358 e. The van der Waals surface area contributed by atoms with Crippen LogP contribution in [0.3, 0.4) is 0 Å². The van der Waals surface area contributed by atoms with E-state index in [1.807, 2.05) is 0 Å². The minimum atomic E-state index is 0.127. The van der Waals surface area contributed by atoms with Crippen molar-refractivity contribution in [2.24, 2.45) is 0 Å². The zero-order chi connectivity index (χ0) is 12.3. The summed E-state index contributed by atoms with van der Waals surface area (Å²) in [6.45, 7) is 3.44. The highest BCUT2D eigenvalue weighted by Crippen LogP contribution is 2.25. The Labute approximate surface area is 104 Å². The normalized spacial score (nSPS) is 29.2. The summed E-state index contributed by atoms with van der Waals surface area (Å²) in [5, 5.41) is 2.82.